The molecule has 0 saturated carbocycles. The van der Waals surface area contributed by atoms with Crippen molar-refractivity contribution in [3.05, 3.63) is 28.1 Å². The average molecular weight is 404 g/mol. The molecule has 2 aliphatic rings. The van der Waals surface area contributed by atoms with Crippen molar-refractivity contribution < 1.29 is 26.8 Å². The van der Waals surface area contributed by atoms with E-state index in [1.54, 1.807) is 0 Å². The minimum atomic E-state index is -4.79. The van der Waals surface area contributed by atoms with Crippen molar-refractivity contribution in [3.8, 4) is 0 Å². The van der Waals surface area contributed by atoms with E-state index in [1.165, 1.54) is 9.47 Å². The molecule has 0 radical (unpaired) electrons. The van der Waals surface area contributed by atoms with E-state index >= 15 is 0 Å². The molecule has 0 aromatic carbocycles. The summed E-state index contributed by atoms with van der Waals surface area (Å²) < 4.78 is 57.8. The number of alkyl halides is 4. The summed E-state index contributed by atoms with van der Waals surface area (Å²) in [6.45, 7) is -0.161. The molecule has 2 aromatic rings. The van der Waals surface area contributed by atoms with Crippen LogP contribution < -0.4 is 5.69 Å². The van der Waals surface area contributed by atoms with Crippen LogP contribution in [-0.2, 0) is 23.9 Å². The van der Waals surface area contributed by atoms with E-state index in [9.17, 15) is 27.2 Å². The lowest BCUT2D eigenvalue weighted by molar-refractivity contribution is -0.157. The SMILES string of the molecule is O=C([C@@H]1CCCc2nn(Cc3nnc(C(F)(F)F)o3)c(=O)n21)N1CC[C@H](F)C1. The third-order valence-corrected chi connectivity index (χ3v) is 4.85. The van der Waals surface area contributed by atoms with Crippen LogP contribution in [0.3, 0.4) is 0 Å². The molecule has 4 heterocycles. The van der Waals surface area contributed by atoms with Crippen LogP contribution in [0.4, 0.5) is 17.6 Å². The number of aromatic nitrogens is 5. The van der Waals surface area contributed by atoms with Crippen molar-refractivity contribution in [1.29, 1.82) is 0 Å². The Bertz CT molecular complexity index is 948. The van der Waals surface area contributed by atoms with Crippen LogP contribution in [0.15, 0.2) is 9.21 Å². The molecule has 0 unspecified atom stereocenters. The number of hydrogen-bond donors (Lipinski definition) is 0. The predicted octanol–water partition coefficient (Wildman–Crippen LogP) is 0.943. The van der Waals surface area contributed by atoms with Gasteiger partial charge in [0.1, 0.15) is 24.6 Å². The van der Waals surface area contributed by atoms with Crippen LogP contribution in [-0.4, -0.2) is 54.6 Å². The number of carbonyl (C=O) groups excluding carboxylic acids is 1. The van der Waals surface area contributed by atoms with E-state index < -0.39 is 42.4 Å². The van der Waals surface area contributed by atoms with Gasteiger partial charge in [0.2, 0.25) is 11.8 Å². The molecule has 9 nitrogen and oxygen atoms in total. The van der Waals surface area contributed by atoms with Gasteiger partial charge >= 0.3 is 17.8 Å². The van der Waals surface area contributed by atoms with Crippen molar-refractivity contribution in [3.63, 3.8) is 0 Å². The molecule has 1 fully saturated rings. The maximum atomic E-state index is 13.4. The number of amides is 1. The standard InChI is InChI=1S/C15H16F4N6O3/c16-8-4-5-23(6-8)12(26)9-2-1-3-10-22-24(14(27)25(9)10)7-11-20-21-13(28-11)15(17,18)19/h8-9H,1-7H2/t8-,9-/m0/s1. The minimum Gasteiger partial charge on any atom is -0.415 e. The Hall–Kier alpha value is -2.73. The highest BCUT2D eigenvalue weighted by Crippen LogP contribution is 2.28. The largest absolute Gasteiger partial charge is 0.470 e. The van der Waals surface area contributed by atoms with Crippen LogP contribution in [0.2, 0.25) is 0 Å². The van der Waals surface area contributed by atoms with Gasteiger partial charge in [-0.3, -0.25) is 9.36 Å². The van der Waals surface area contributed by atoms with Gasteiger partial charge in [-0.05, 0) is 19.3 Å². The van der Waals surface area contributed by atoms with Crippen LogP contribution in [0.1, 0.15) is 42.9 Å². The van der Waals surface area contributed by atoms with Gasteiger partial charge in [0.05, 0.1) is 6.54 Å². The molecule has 1 amide bonds. The van der Waals surface area contributed by atoms with Gasteiger partial charge in [0.15, 0.2) is 0 Å². The zero-order valence-electron chi connectivity index (χ0n) is 14.5. The van der Waals surface area contributed by atoms with Gasteiger partial charge < -0.3 is 9.32 Å². The first kappa shape index (κ1) is 18.6. The lowest BCUT2D eigenvalue weighted by atomic mass is 10.0. The Kier molecular flexibility index (Phi) is 4.46. The zero-order valence-corrected chi connectivity index (χ0v) is 14.5. The zero-order chi connectivity index (χ0) is 20.1. The molecule has 0 bridgehead atoms. The molecule has 0 spiro atoms. The first-order valence-electron chi connectivity index (χ1n) is 8.74. The fourth-order valence-electron chi connectivity index (χ4n) is 3.56. The quantitative estimate of drug-likeness (QED) is 0.707. The van der Waals surface area contributed by atoms with Gasteiger partial charge in [-0.2, -0.15) is 18.3 Å². The van der Waals surface area contributed by atoms with E-state index in [0.29, 0.717) is 25.1 Å². The summed E-state index contributed by atoms with van der Waals surface area (Å²) in [5.41, 5.74) is -0.657. The summed E-state index contributed by atoms with van der Waals surface area (Å²) in [4.78, 5) is 26.9. The number of hydrogen-bond acceptors (Lipinski definition) is 6. The van der Waals surface area contributed by atoms with E-state index in [1.807, 2.05) is 0 Å². The highest BCUT2D eigenvalue weighted by Gasteiger charge is 2.39. The summed E-state index contributed by atoms with van der Waals surface area (Å²) in [6.07, 6.45) is -4.15. The smallest absolute Gasteiger partial charge is 0.415 e. The first-order valence-corrected chi connectivity index (χ1v) is 8.74. The van der Waals surface area contributed by atoms with Gasteiger partial charge in [-0.25, -0.2) is 13.9 Å². The van der Waals surface area contributed by atoms with Crippen molar-refractivity contribution in [2.45, 2.75) is 50.6 Å². The molecular formula is C15H16F4N6O3. The highest BCUT2D eigenvalue weighted by molar-refractivity contribution is 5.81. The van der Waals surface area contributed by atoms with Crippen LogP contribution in [0, 0.1) is 0 Å². The average Bonchev–Trinajstić information content (AvgIpc) is 3.34. The third kappa shape index (κ3) is 3.29. The fourth-order valence-corrected chi connectivity index (χ4v) is 3.56. The van der Waals surface area contributed by atoms with Gasteiger partial charge in [-0.15, -0.1) is 10.2 Å². The number of aryl methyl sites for hydroxylation is 1. The summed E-state index contributed by atoms with van der Waals surface area (Å²) in [6, 6.07) is -0.802. The summed E-state index contributed by atoms with van der Waals surface area (Å²) in [5.74, 6) is -1.93. The number of rotatable bonds is 3. The summed E-state index contributed by atoms with van der Waals surface area (Å²) in [5, 5.41) is 10.3. The second-order valence-electron chi connectivity index (χ2n) is 6.80. The second-order valence-corrected chi connectivity index (χ2v) is 6.80. The van der Waals surface area contributed by atoms with Gasteiger partial charge in [0, 0.05) is 13.0 Å². The van der Waals surface area contributed by atoms with E-state index in [-0.39, 0.29) is 25.4 Å². The number of likely N-dealkylation sites (tertiary alicyclic amines) is 1. The van der Waals surface area contributed by atoms with E-state index in [0.717, 1.165) is 4.68 Å². The molecule has 13 heteroatoms. The van der Waals surface area contributed by atoms with Gasteiger partial charge in [0.25, 0.3) is 0 Å². The molecule has 2 atom stereocenters. The van der Waals surface area contributed by atoms with E-state index in [2.05, 4.69) is 19.7 Å². The molecule has 0 N–H and O–H groups in total. The highest BCUT2D eigenvalue weighted by atomic mass is 19.4. The number of carbonyl (C=O) groups is 1. The number of nitrogens with zero attached hydrogens (tertiary/aromatic N) is 6. The summed E-state index contributed by atoms with van der Waals surface area (Å²) in [7, 11) is 0. The Morgan fingerprint density at radius 1 is 1.25 bits per heavy atom. The Morgan fingerprint density at radius 3 is 2.68 bits per heavy atom. The monoisotopic (exact) mass is 404 g/mol. The molecule has 2 aliphatic heterocycles. The first-order chi connectivity index (χ1) is 13.2. The molecule has 2 aromatic heterocycles. The van der Waals surface area contributed by atoms with Crippen LogP contribution in [0.5, 0.6) is 0 Å². The molecular weight excluding hydrogens is 388 g/mol. The second kappa shape index (κ2) is 6.71. The van der Waals surface area contributed by atoms with Crippen LogP contribution in [0.25, 0.3) is 0 Å². The molecule has 4 rings (SSSR count). The molecule has 152 valence electrons. The van der Waals surface area contributed by atoms with Crippen molar-refractivity contribution >= 4 is 5.91 Å². The van der Waals surface area contributed by atoms with Crippen molar-refractivity contribution in [1.82, 2.24) is 29.4 Å². The predicted molar refractivity (Wildman–Crippen MR) is 83.0 cm³/mol. The Morgan fingerprint density at radius 2 is 2.04 bits per heavy atom. The maximum Gasteiger partial charge on any atom is 0.470 e. The number of halogens is 4. The normalized spacial score (nSPS) is 22.5. The van der Waals surface area contributed by atoms with Crippen molar-refractivity contribution in [2.24, 2.45) is 0 Å². The fraction of sp³-hybridized carbons (Fsp3) is 0.667. The Balaban J connectivity index is 1.59. The van der Waals surface area contributed by atoms with Crippen LogP contribution >= 0.6 is 0 Å². The van der Waals surface area contributed by atoms with Gasteiger partial charge in [-0.1, -0.05) is 0 Å². The summed E-state index contributed by atoms with van der Waals surface area (Å²) >= 11 is 0. The number of fused-ring (bicyclic) bond motifs is 1. The maximum absolute atomic E-state index is 13.4. The molecule has 1 saturated heterocycles. The molecule has 28 heavy (non-hydrogen) atoms. The van der Waals surface area contributed by atoms with E-state index in [4.69, 9.17) is 0 Å². The van der Waals surface area contributed by atoms with Crippen molar-refractivity contribution in [2.75, 3.05) is 13.1 Å². The molecule has 0 aliphatic carbocycles. The Labute approximate surface area is 154 Å². The lowest BCUT2D eigenvalue weighted by Crippen LogP contribution is -2.41. The third-order valence-electron chi connectivity index (χ3n) is 4.85. The minimum absolute atomic E-state index is 0.00421. The topological polar surface area (TPSA) is 99.0 Å². The lowest BCUT2D eigenvalue weighted by Gasteiger charge is -2.26.